The van der Waals surface area contributed by atoms with Crippen molar-refractivity contribution in [1.82, 2.24) is 5.32 Å². The molecule has 0 aliphatic rings. The lowest BCUT2D eigenvalue weighted by molar-refractivity contribution is 1.07. The Kier molecular flexibility index (Phi) is 2.96. The molecule has 0 atom stereocenters. The minimum absolute atomic E-state index is 0.716. The van der Waals surface area contributed by atoms with Crippen molar-refractivity contribution in [3.05, 3.63) is 34.2 Å². The van der Waals surface area contributed by atoms with E-state index < -0.39 is 0 Å². The maximum absolute atomic E-state index is 5.81. The van der Waals surface area contributed by atoms with Crippen LogP contribution in [0.25, 0.3) is 11.9 Å². The van der Waals surface area contributed by atoms with E-state index in [9.17, 15) is 0 Å². The summed E-state index contributed by atoms with van der Waals surface area (Å²) in [6.45, 7) is 4.09. The summed E-state index contributed by atoms with van der Waals surface area (Å²) < 4.78 is 0. The summed E-state index contributed by atoms with van der Waals surface area (Å²) in [7, 11) is 1.83. The van der Waals surface area contributed by atoms with Gasteiger partial charge in [-0.3, -0.25) is 0 Å². The number of aryl methyl sites for hydroxylation is 1. The van der Waals surface area contributed by atoms with E-state index in [2.05, 4.69) is 30.4 Å². The third kappa shape index (κ3) is 2.02. The number of nitrogens with one attached hydrogen (secondary N) is 1. The Hall–Kier alpha value is -1.44. The third-order valence-corrected chi connectivity index (χ3v) is 2.08. The van der Waals surface area contributed by atoms with Gasteiger partial charge in [0.15, 0.2) is 0 Å². The van der Waals surface area contributed by atoms with Gasteiger partial charge < -0.3 is 11.1 Å². The Morgan fingerprint density at radius 2 is 2.15 bits per heavy atom. The first-order valence-corrected chi connectivity index (χ1v) is 4.39. The highest BCUT2D eigenvalue weighted by Crippen LogP contribution is 1.86. The van der Waals surface area contributed by atoms with Gasteiger partial charge in [-0.15, -0.1) is 0 Å². The summed E-state index contributed by atoms with van der Waals surface area (Å²) >= 11 is 0. The van der Waals surface area contributed by atoms with Crippen molar-refractivity contribution in [2.75, 3.05) is 7.05 Å². The van der Waals surface area contributed by atoms with E-state index in [0.29, 0.717) is 5.82 Å². The highest BCUT2D eigenvalue weighted by molar-refractivity contribution is 5.41. The van der Waals surface area contributed by atoms with E-state index in [1.807, 2.05) is 20.0 Å². The van der Waals surface area contributed by atoms with Crippen LogP contribution in [0.1, 0.15) is 12.5 Å². The smallest absolute Gasteiger partial charge is 0.104 e. The van der Waals surface area contributed by atoms with Crippen molar-refractivity contribution in [3.8, 4) is 0 Å². The van der Waals surface area contributed by atoms with Crippen molar-refractivity contribution in [3.63, 3.8) is 0 Å². The van der Waals surface area contributed by atoms with E-state index in [4.69, 9.17) is 5.73 Å². The highest BCUT2D eigenvalue weighted by Gasteiger charge is 1.90. The zero-order valence-electron chi connectivity index (χ0n) is 8.39. The first-order chi connectivity index (χ1) is 6.19. The summed E-state index contributed by atoms with van der Waals surface area (Å²) in [5.74, 6) is 0.716. The molecule has 0 aliphatic heterocycles. The molecule has 0 amide bonds. The second kappa shape index (κ2) is 3.99. The van der Waals surface area contributed by atoms with Crippen LogP contribution in [0.15, 0.2) is 18.2 Å². The number of nitrogens with two attached hydrogens (primary N) is 1. The van der Waals surface area contributed by atoms with Crippen LogP contribution in [-0.2, 0) is 0 Å². The predicted octanol–water partition coefficient (Wildman–Crippen LogP) is 0.0392. The van der Waals surface area contributed by atoms with Gasteiger partial charge in [-0.05, 0) is 19.1 Å². The van der Waals surface area contributed by atoms with Gasteiger partial charge in [-0.2, -0.15) is 0 Å². The molecule has 1 aromatic carbocycles. The van der Waals surface area contributed by atoms with Crippen molar-refractivity contribution < 1.29 is 0 Å². The van der Waals surface area contributed by atoms with E-state index in [1.54, 1.807) is 0 Å². The van der Waals surface area contributed by atoms with Gasteiger partial charge in [0.1, 0.15) is 5.82 Å². The van der Waals surface area contributed by atoms with Crippen LogP contribution in [0.3, 0.4) is 0 Å². The summed E-state index contributed by atoms with van der Waals surface area (Å²) in [5, 5.41) is 5.19. The van der Waals surface area contributed by atoms with E-state index in [-0.39, 0.29) is 0 Å². The monoisotopic (exact) mass is 176 g/mol. The predicted molar refractivity (Wildman–Crippen MR) is 57.2 cm³/mol. The van der Waals surface area contributed by atoms with Crippen LogP contribution < -0.4 is 21.5 Å². The topological polar surface area (TPSA) is 38.0 Å². The molecule has 0 saturated heterocycles. The Bertz CT molecular complexity index is 405. The molecule has 0 radical (unpaired) electrons. The lowest BCUT2D eigenvalue weighted by atomic mass is 10.1. The lowest BCUT2D eigenvalue weighted by Crippen LogP contribution is -2.34. The number of hydrogen-bond donors (Lipinski definition) is 2. The fourth-order valence-corrected chi connectivity index (χ4v) is 1.30. The molecule has 2 heteroatoms. The summed E-state index contributed by atoms with van der Waals surface area (Å²) in [4.78, 5) is 0. The van der Waals surface area contributed by atoms with Gasteiger partial charge in [-0.25, -0.2) is 0 Å². The third-order valence-electron chi connectivity index (χ3n) is 2.08. The van der Waals surface area contributed by atoms with Gasteiger partial charge in [0.25, 0.3) is 0 Å². The van der Waals surface area contributed by atoms with Crippen molar-refractivity contribution in [2.45, 2.75) is 13.8 Å². The zero-order chi connectivity index (χ0) is 9.84. The van der Waals surface area contributed by atoms with Gasteiger partial charge in [0, 0.05) is 12.3 Å². The quantitative estimate of drug-likeness (QED) is 0.634. The minimum Gasteiger partial charge on any atom is -0.385 e. The van der Waals surface area contributed by atoms with Crippen LogP contribution in [0, 0.1) is 6.92 Å². The molecule has 1 rings (SSSR count). The molecule has 0 unspecified atom stereocenters. The average Bonchev–Trinajstić information content (AvgIpc) is 2.16. The Labute approximate surface area is 78.8 Å². The van der Waals surface area contributed by atoms with Crippen LogP contribution >= 0.6 is 0 Å². The second-order valence-corrected chi connectivity index (χ2v) is 3.04. The first-order valence-electron chi connectivity index (χ1n) is 4.39. The molecular formula is C11H16N2. The van der Waals surface area contributed by atoms with Gasteiger partial charge in [0.05, 0.1) is 0 Å². The Balaban J connectivity index is 3.58. The molecular weight excluding hydrogens is 160 g/mol. The maximum Gasteiger partial charge on any atom is 0.104 e. The molecule has 13 heavy (non-hydrogen) atoms. The molecule has 0 fully saturated rings. The number of hydrogen-bond acceptors (Lipinski definition) is 2. The van der Waals surface area contributed by atoms with Crippen LogP contribution in [0.5, 0.6) is 0 Å². The molecule has 0 heterocycles. The molecule has 3 N–H and O–H groups in total. The number of rotatable bonds is 1. The molecule has 0 bridgehead atoms. The summed E-state index contributed by atoms with van der Waals surface area (Å²) in [6, 6.07) is 6.22. The fraction of sp³-hybridized carbons (Fsp3) is 0.273. The highest BCUT2D eigenvalue weighted by atomic mass is 14.9. The lowest BCUT2D eigenvalue weighted by Gasteiger charge is -2.00. The summed E-state index contributed by atoms with van der Waals surface area (Å²) in [6.07, 6.45) is 2.06. The fourth-order valence-electron chi connectivity index (χ4n) is 1.30. The van der Waals surface area contributed by atoms with E-state index in [0.717, 1.165) is 5.22 Å². The van der Waals surface area contributed by atoms with Crippen molar-refractivity contribution in [1.29, 1.82) is 0 Å². The Morgan fingerprint density at radius 1 is 1.46 bits per heavy atom. The molecule has 0 spiro atoms. The molecule has 0 aromatic heterocycles. The van der Waals surface area contributed by atoms with Crippen molar-refractivity contribution in [2.24, 2.45) is 5.73 Å². The normalized spacial score (nSPS) is 14.2. The second-order valence-electron chi connectivity index (χ2n) is 3.04. The standard InChI is InChI=1S/C11H16N2/c1-4-9-7-8(2)5-6-10(9)11(12)13-3/h4-7,13H,12H2,1-3H3/b9-4-,11-10-. The van der Waals surface area contributed by atoms with Crippen LogP contribution in [0.4, 0.5) is 0 Å². The van der Waals surface area contributed by atoms with E-state index in [1.165, 1.54) is 10.8 Å². The summed E-state index contributed by atoms with van der Waals surface area (Å²) in [5.41, 5.74) is 7.06. The number of benzene rings is 1. The average molecular weight is 176 g/mol. The van der Waals surface area contributed by atoms with Gasteiger partial charge in [-0.1, -0.05) is 29.8 Å². The molecule has 0 saturated carbocycles. The van der Waals surface area contributed by atoms with Crippen LogP contribution in [-0.4, -0.2) is 7.05 Å². The minimum atomic E-state index is 0.716. The first kappa shape index (κ1) is 9.65. The maximum atomic E-state index is 5.81. The van der Waals surface area contributed by atoms with Gasteiger partial charge >= 0.3 is 0 Å². The molecule has 70 valence electrons. The molecule has 1 aromatic rings. The molecule has 0 aliphatic carbocycles. The van der Waals surface area contributed by atoms with Gasteiger partial charge in [0.2, 0.25) is 0 Å². The molecule has 2 nitrogen and oxygen atoms in total. The van der Waals surface area contributed by atoms with E-state index >= 15 is 0 Å². The SMILES string of the molecule is C/C=c1/cc(C)cc/c1=C(\N)NC. The van der Waals surface area contributed by atoms with Crippen LogP contribution in [0.2, 0.25) is 0 Å². The largest absolute Gasteiger partial charge is 0.385 e. The zero-order valence-corrected chi connectivity index (χ0v) is 8.39. The Morgan fingerprint density at radius 3 is 2.69 bits per heavy atom. The van der Waals surface area contributed by atoms with Crippen molar-refractivity contribution >= 4 is 11.9 Å².